The zero-order valence-electron chi connectivity index (χ0n) is 8.60. The highest BCUT2D eigenvalue weighted by molar-refractivity contribution is 9.10. The molecule has 17 heavy (non-hydrogen) atoms. The van der Waals surface area contributed by atoms with Crippen LogP contribution in [0, 0.1) is 5.82 Å². The van der Waals surface area contributed by atoms with Gasteiger partial charge >= 0.3 is 0 Å². The standard InChI is InChI=1S/C10H9BrFN3O2/c11-6-1-5(2-7(12)3-6)9-14-10(17-15-9)8(16)4-13/h1-3,8,16H,4,13H2. The summed E-state index contributed by atoms with van der Waals surface area (Å²) in [5, 5.41) is 13.0. The van der Waals surface area contributed by atoms with Gasteiger partial charge in [0.1, 0.15) is 11.9 Å². The molecule has 2 aromatic rings. The summed E-state index contributed by atoms with van der Waals surface area (Å²) in [6.07, 6.45) is -1.01. The molecule has 2 rings (SSSR count). The van der Waals surface area contributed by atoms with Gasteiger partial charge in [0.2, 0.25) is 5.82 Å². The molecule has 0 bridgehead atoms. The summed E-state index contributed by atoms with van der Waals surface area (Å²) in [7, 11) is 0. The van der Waals surface area contributed by atoms with E-state index in [0.29, 0.717) is 10.0 Å². The number of hydrogen-bond acceptors (Lipinski definition) is 5. The number of aromatic nitrogens is 2. The maximum absolute atomic E-state index is 13.2. The highest BCUT2D eigenvalue weighted by Crippen LogP contribution is 2.23. The Labute approximate surface area is 105 Å². The van der Waals surface area contributed by atoms with Crippen LogP contribution in [0.2, 0.25) is 0 Å². The van der Waals surface area contributed by atoms with E-state index in [0.717, 1.165) is 0 Å². The second-order valence-electron chi connectivity index (χ2n) is 3.37. The summed E-state index contributed by atoms with van der Waals surface area (Å²) in [5.74, 6) is -0.198. The smallest absolute Gasteiger partial charge is 0.257 e. The molecule has 3 N–H and O–H groups in total. The number of aliphatic hydroxyl groups is 1. The molecule has 5 nitrogen and oxygen atoms in total. The maximum Gasteiger partial charge on any atom is 0.257 e. The molecule has 0 aliphatic rings. The number of nitrogens with two attached hydrogens (primary N) is 1. The molecule has 0 spiro atoms. The summed E-state index contributed by atoms with van der Waals surface area (Å²) < 4.78 is 18.6. The van der Waals surface area contributed by atoms with E-state index in [4.69, 9.17) is 10.3 Å². The minimum absolute atomic E-state index is 0.0166. The molecule has 1 atom stereocenters. The molecule has 1 heterocycles. The Morgan fingerprint density at radius 1 is 1.47 bits per heavy atom. The zero-order valence-corrected chi connectivity index (χ0v) is 10.2. The average molecular weight is 302 g/mol. The van der Waals surface area contributed by atoms with Crippen LogP contribution in [-0.4, -0.2) is 21.8 Å². The van der Waals surface area contributed by atoms with E-state index < -0.39 is 11.9 Å². The zero-order chi connectivity index (χ0) is 12.4. The van der Waals surface area contributed by atoms with Gasteiger partial charge in [-0.1, -0.05) is 21.1 Å². The maximum atomic E-state index is 13.2. The second kappa shape index (κ2) is 4.91. The summed E-state index contributed by atoms with van der Waals surface area (Å²) in [4.78, 5) is 3.94. The van der Waals surface area contributed by atoms with Gasteiger partial charge in [-0.05, 0) is 18.2 Å². The molecule has 0 aliphatic heterocycles. The van der Waals surface area contributed by atoms with E-state index in [-0.39, 0.29) is 18.3 Å². The van der Waals surface area contributed by atoms with E-state index in [1.807, 2.05) is 0 Å². The van der Waals surface area contributed by atoms with Crippen LogP contribution in [0.3, 0.4) is 0 Å². The van der Waals surface area contributed by atoms with Crippen LogP contribution < -0.4 is 5.73 Å². The summed E-state index contributed by atoms with van der Waals surface area (Å²) >= 11 is 3.16. The van der Waals surface area contributed by atoms with Gasteiger partial charge < -0.3 is 15.4 Å². The monoisotopic (exact) mass is 301 g/mol. The lowest BCUT2D eigenvalue weighted by atomic mass is 10.2. The first-order chi connectivity index (χ1) is 8.10. The number of rotatable bonds is 3. The fraction of sp³-hybridized carbons (Fsp3) is 0.200. The van der Waals surface area contributed by atoms with Crippen molar-refractivity contribution in [1.29, 1.82) is 0 Å². The molecular weight excluding hydrogens is 293 g/mol. The lowest BCUT2D eigenvalue weighted by Crippen LogP contribution is -2.11. The van der Waals surface area contributed by atoms with Crippen molar-refractivity contribution < 1.29 is 14.0 Å². The lowest BCUT2D eigenvalue weighted by molar-refractivity contribution is 0.141. The molecule has 1 unspecified atom stereocenters. The van der Waals surface area contributed by atoms with E-state index in [1.165, 1.54) is 12.1 Å². The van der Waals surface area contributed by atoms with Crippen LogP contribution in [-0.2, 0) is 0 Å². The predicted molar refractivity (Wildman–Crippen MR) is 61.4 cm³/mol. The van der Waals surface area contributed by atoms with Gasteiger partial charge in [0.25, 0.3) is 5.89 Å². The number of benzene rings is 1. The lowest BCUT2D eigenvalue weighted by Gasteiger charge is -1.98. The van der Waals surface area contributed by atoms with Gasteiger partial charge in [-0.25, -0.2) is 4.39 Å². The fourth-order valence-electron chi connectivity index (χ4n) is 1.27. The molecular formula is C10H9BrFN3O2. The molecule has 0 radical (unpaired) electrons. The summed E-state index contributed by atoms with van der Waals surface area (Å²) in [5.41, 5.74) is 5.71. The molecule has 0 saturated heterocycles. The Hall–Kier alpha value is -1.31. The minimum atomic E-state index is -1.01. The van der Waals surface area contributed by atoms with Crippen LogP contribution in [0.25, 0.3) is 11.4 Å². The molecule has 0 aliphatic carbocycles. The van der Waals surface area contributed by atoms with Crippen molar-refractivity contribution >= 4 is 15.9 Å². The quantitative estimate of drug-likeness (QED) is 0.900. The molecule has 1 aromatic carbocycles. The summed E-state index contributed by atoms with van der Waals surface area (Å²) in [6.45, 7) is -0.0194. The fourth-order valence-corrected chi connectivity index (χ4v) is 1.74. The van der Waals surface area contributed by atoms with Gasteiger partial charge in [-0.15, -0.1) is 0 Å². The highest BCUT2D eigenvalue weighted by atomic mass is 79.9. The largest absolute Gasteiger partial charge is 0.382 e. The molecule has 1 aromatic heterocycles. The van der Waals surface area contributed by atoms with Crippen molar-refractivity contribution in [2.24, 2.45) is 5.73 Å². The second-order valence-corrected chi connectivity index (χ2v) is 4.28. The topological polar surface area (TPSA) is 85.2 Å². The van der Waals surface area contributed by atoms with Crippen molar-refractivity contribution in [3.05, 3.63) is 34.4 Å². The molecule has 0 fully saturated rings. The highest BCUT2D eigenvalue weighted by Gasteiger charge is 2.15. The van der Waals surface area contributed by atoms with E-state index in [2.05, 4.69) is 26.1 Å². The Bertz CT molecular complexity index is 512. The van der Waals surface area contributed by atoms with E-state index in [9.17, 15) is 9.50 Å². The van der Waals surface area contributed by atoms with Crippen molar-refractivity contribution in [3.8, 4) is 11.4 Å². The number of hydrogen-bond donors (Lipinski definition) is 2. The number of aliphatic hydroxyl groups excluding tert-OH is 1. The third-order valence-electron chi connectivity index (χ3n) is 2.07. The third kappa shape index (κ3) is 2.68. The normalized spacial score (nSPS) is 12.7. The van der Waals surface area contributed by atoms with Gasteiger partial charge in [0.05, 0.1) is 0 Å². The molecule has 0 saturated carbocycles. The van der Waals surface area contributed by atoms with Crippen molar-refractivity contribution in [2.45, 2.75) is 6.10 Å². The molecule has 0 amide bonds. The molecule has 90 valence electrons. The molecule has 7 heteroatoms. The number of halogens is 2. The SMILES string of the molecule is NCC(O)c1nc(-c2cc(F)cc(Br)c2)no1. The minimum Gasteiger partial charge on any atom is -0.382 e. The van der Waals surface area contributed by atoms with Crippen molar-refractivity contribution in [3.63, 3.8) is 0 Å². The van der Waals surface area contributed by atoms with Crippen molar-refractivity contribution in [2.75, 3.05) is 6.54 Å². The third-order valence-corrected chi connectivity index (χ3v) is 2.53. The summed E-state index contributed by atoms with van der Waals surface area (Å²) in [6, 6.07) is 4.24. The Morgan fingerprint density at radius 3 is 2.88 bits per heavy atom. The van der Waals surface area contributed by atoms with Crippen LogP contribution in [0.1, 0.15) is 12.0 Å². The van der Waals surface area contributed by atoms with Gasteiger partial charge in [-0.2, -0.15) is 4.98 Å². The first kappa shape index (κ1) is 12.2. The van der Waals surface area contributed by atoms with Crippen LogP contribution in [0.5, 0.6) is 0 Å². The van der Waals surface area contributed by atoms with Crippen LogP contribution >= 0.6 is 15.9 Å². The average Bonchev–Trinajstić information content (AvgIpc) is 2.76. The first-order valence-electron chi connectivity index (χ1n) is 4.78. The van der Waals surface area contributed by atoms with Crippen LogP contribution in [0.4, 0.5) is 4.39 Å². The Morgan fingerprint density at radius 2 is 2.24 bits per heavy atom. The van der Waals surface area contributed by atoms with Crippen LogP contribution in [0.15, 0.2) is 27.2 Å². The predicted octanol–water partition coefficient (Wildman–Crippen LogP) is 1.63. The van der Waals surface area contributed by atoms with E-state index >= 15 is 0 Å². The first-order valence-corrected chi connectivity index (χ1v) is 5.57. The van der Waals surface area contributed by atoms with Gasteiger partial charge in [0, 0.05) is 16.6 Å². The Kier molecular flexibility index (Phi) is 3.51. The van der Waals surface area contributed by atoms with Crippen molar-refractivity contribution in [1.82, 2.24) is 10.1 Å². The van der Waals surface area contributed by atoms with E-state index in [1.54, 1.807) is 6.07 Å². The Balaban J connectivity index is 2.36. The van der Waals surface area contributed by atoms with Gasteiger partial charge in [0.15, 0.2) is 0 Å². The number of nitrogens with zero attached hydrogens (tertiary/aromatic N) is 2. The van der Waals surface area contributed by atoms with Gasteiger partial charge in [-0.3, -0.25) is 0 Å².